The van der Waals surface area contributed by atoms with E-state index in [1.54, 1.807) is 43.5 Å². The first-order chi connectivity index (χ1) is 19.9. The minimum Gasteiger partial charge on any atom is -0.496 e. The zero-order valence-corrected chi connectivity index (χ0v) is 23.4. The van der Waals surface area contributed by atoms with Crippen LogP contribution in [0, 0.1) is 0 Å². The van der Waals surface area contributed by atoms with Gasteiger partial charge >= 0.3 is 0 Å². The summed E-state index contributed by atoms with van der Waals surface area (Å²) in [5.41, 5.74) is 3.10. The maximum Gasteiger partial charge on any atom is 0.270 e. The van der Waals surface area contributed by atoms with Gasteiger partial charge in [0, 0.05) is 5.56 Å². The van der Waals surface area contributed by atoms with Gasteiger partial charge in [-0.25, -0.2) is 0 Å². The highest BCUT2D eigenvalue weighted by Gasteiger charge is 2.34. The van der Waals surface area contributed by atoms with Gasteiger partial charge in [-0.15, -0.1) is 0 Å². The van der Waals surface area contributed by atoms with E-state index in [2.05, 4.69) is 12.2 Å². The molecule has 1 aliphatic heterocycles. The third-order valence-corrected chi connectivity index (χ3v) is 6.80. The number of thiocarbonyl (C=S) groups is 1. The predicted octanol–water partition coefficient (Wildman–Crippen LogP) is 6.46. The Hall–Kier alpha value is -4.95. The summed E-state index contributed by atoms with van der Waals surface area (Å²) in [7, 11) is 1.58. The maximum absolute atomic E-state index is 13.5. The van der Waals surface area contributed by atoms with E-state index in [1.807, 2.05) is 60.7 Å². The third-order valence-electron chi connectivity index (χ3n) is 6.52. The Bertz CT molecular complexity index is 1600. The van der Waals surface area contributed by atoms with E-state index in [0.29, 0.717) is 28.5 Å². The molecule has 8 heteroatoms. The normalized spacial score (nSPS) is 14.1. The number of methoxy groups -OCH3 is 1. The number of carbonyl (C=O) groups excluding carboxylic acids is 2. The Kier molecular flexibility index (Phi) is 8.41. The van der Waals surface area contributed by atoms with Crippen LogP contribution in [0.4, 0.5) is 5.69 Å². The van der Waals surface area contributed by atoms with E-state index in [0.717, 1.165) is 17.7 Å². The fourth-order valence-corrected chi connectivity index (χ4v) is 4.61. The van der Waals surface area contributed by atoms with Crippen LogP contribution in [0.1, 0.15) is 23.6 Å². The number of nitrogens with one attached hydrogen (secondary N) is 1. The second-order valence-electron chi connectivity index (χ2n) is 9.22. The molecule has 4 aromatic carbocycles. The van der Waals surface area contributed by atoms with E-state index >= 15 is 0 Å². The lowest BCUT2D eigenvalue weighted by Gasteiger charge is -2.29. The Labute approximate surface area is 244 Å². The number of rotatable bonds is 9. The molecule has 0 atom stereocenters. The van der Waals surface area contributed by atoms with E-state index in [4.69, 9.17) is 26.4 Å². The molecule has 0 radical (unpaired) electrons. The van der Waals surface area contributed by atoms with Crippen LogP contribution >= 0.6 is 12.2 Å². The summed E-state index contributed by atoms with van der Waals surface area (Å²) >= 11 is 5.35. The minimum atomic E-state index is -0.565. The van der Waals surface area contributed by atoms with Crippen molar-refractivity contribution in [2.75, 3.05) is 12.0 Å². The van der Waals surface area contributed by atoms with Gasteiger partial charge in [0.25, 0.3) is 11.8 Å². The number of ether oxygens (including phenoxy) is 3. The second kappa shape index (κ2) is 12.5. The molecule has 7 nitrogen and oxygen atoms in total. The van der Waals surface area contributed by atoms with Gasteiger partial charge in [0.1, 0.15) is 35.2 Å². The van der Waals surface area contributed by atoms with Gasteiger partial charge in [0.2, 0.25) is 0 Å². The van der Waals surface area contributed by atoms with Crippen molar-refractivity contribution in [2.24, 2.45) is 0 Å². The summed E-state index contributed by atoms with van der Waals surface area (Å²) < 4.78 is 17.3. The van der Waals surface area contributed by atoms with Crippen molar-refractivity contribution in [3.05, 3.63) is 119 Å². The second-order valence-corrected chi connectivity index (χ2v) is 9.61. The summed E-state index contributed by atoms with van der Waals surface area (Å²) in [5.74, 6) is 1.58. The molecule has 0 saturated carbocycles. The summed E-state index contributed by atoms with van der Waals surface area (Å²) in [6.07, 6.45) is 2.49. The molecule has 0 aliphatic carbocycles. The molecule has 1 saturated heterocycles. The number of hydrogen-bond acceptors (Lipinski definition) is 6. The first-order valence-electron chi connectivity index (χ1n) is 13.1. The van der Waals surface area contributed by atoms with E-state index in [-0.39, 0.29) is 17.3 Å². The van der Waals surface area contributed by atoms with E-state index in [1.165, 1.54) is 16.5 Å². The van der Waals surface area contributed by atoms with Gasteiger partial charge in [-0.3, -0.25) is 19.8 Å². The van der Waals surface area contributed by atoms with E-state index < -0.39 is 11.8 Å². The predicted molar refractivity (Wildman–Crippen MR) is 162 cm³/mol. The highest BCUT2D eigenvalue weighted by molar-refractivity contribution is 7.80. The highest BCUT2D eigenvalue weighted by Crippen LogP contribution is 2.28. The van der Waals surface area contributed by atoms with Gasteiger partial charge in [0.05, 0.1) is 12.8 Å². The van der Waals surface area contributed by atoms with Crippen LogP contribution in [0.25, 0.3) is 6.08 Å². The van der Waals surface area contributed by atoms with Crippen molar-refractivity contribution >= 4 is 40.9 Å². The van der Waals surface area contributed by atoms with Crippen LogP contribution in [-0.4, -0.2) is 24.0 Å². The fourth-order valence-electron chi connectivity index (χ4n) is 4.33. The first kappa shape index (κ1) is 27.6. The number of carbonyl (C=O) groups is 2. The number of nitrogens with zero attached hydrogens (tertiary/aromatic N) is 1. The third kappa shape index (κ3) is 6.45. The molecular formula is C33H28N2O5S. The Morgan fingerprint density at radius 1 is 0.854 bits per heavy atom. The van der Waals surface area contributed by atoms with Crippen LogP contribution in [0.15, 0.2) is 103 Å². The van der Waals surface area contributed by atoms with Crippen LogP contribution in [0.3, 0.4) is 0 Å². The Morgan fingerprint density at radius 3 is 2.22 bits per heavy atom. The summed E-state index contributed by atoms with van der Waals surface area (Å²) in [4.78, 5) is 27.7. The highest BCUT2D eigenvalue weighted by atomic mass is 32.1. The number of benzene rings is 4. The molecule has 5 rings (SSSR count). The topological polar surface area (TPSA) is 77.1 Å². The minimum absolute atomic E-state index is 0.00629. The SMILES string of the molecule is CCc1ccc(OCc2cc(C=C3C(=O)NC(=S)N(c4ccc(Oc5ccccc5)cc4)C3=O)ccc2OC)cc1. The van der Waals surface area contributed by atoms with Crippen molar-refractivity contribution in [3.8, 4) is 23.0 Å². The molecule has 0 unspecified atom stereocenters. The maximum atomic E-state index is 13.5. The number of anilines is 1. The lowest BCUT2D eigenvalue weighted by molar-refractivity contribution is -0.122. The molecule has 1 aliphatic rings. The summed E-state index contributed by atoms with van der Waals surface area (Å²) in [6, 6.07) is 29.6. The van der Waals surface area contributed by atoms with Crippen LogP contribution < -0.4 is 24.4 Å². The number of hydrogen-bond donors (Lipinski definition) is 1. The van der Waals surface area contributed by atoms with Crippen LogP contribution in [-0.2, 0) is 22.6 Å². The van der Waals surface area contributed by atoms with Crippen molar-refractivity contribution in [1.82, 2.24) is 5.32 Å². The lowest BCUT2D eigenvalue weighted by atomic mass is 10.0. The summed E-state index contributed by atoms with van der Waals surface area (Å²) in [5, 5.41) is 2.63. The van der Waals surface area contributed by atoms with Gasteiger partial charge < -0.3 is 14.2 Å². The molecule has 41 heavy (non-hydrogen) atoms. The van der Waals surface area contributed by atoms with Crippen molar-refractivity contribution in [3.63, 3.8) is 0 Å². The zero-order chi connectivity index (χ0) is 28.8. The standard InChI is InChI=1S/C33H28N2O5S/c1-3-22-9-14-26(15-10-22)39-21-24-19-23(11-18-30(24)38-2)20-29-31(36)34-33(41)35(32(29)37)25-12-16-28(17-13-25)40-27-7-5-4-6-8-27/h4-20H,3,21H2,1-2H3,(H,34,36,41). The fraction of sp³-hybridized carbons (Fsp3) is 0.121. The van der Waals surface area contributed by atoms with Crippen molar-refractivity contribution < 1.29 is 23.8 Å². The van der Waals surface area contributed by atoms with Gasteiger partial charge in [-0.05, 0) is 96.5 Å². The average molecular weight is 565 g/mol. The molecular weight excluding hydrogens is 536 g/mol. The molecule has 206 valence electrons. The van der Waals surface area contributed by atoms with Gasteiger partial charge in [0.15, 0.2) is 5.11 Å². The molecule has 1 N–H and O–H groups in total. The van der Waals surface area contributed by atoms with Crippen LogP contribution in [0.5, 0.6) is 23.0 Å². The molecule has 1 fully saturated rings. The largest absolute Gasteiger partial charge is 0.496 e. The summed E-state index contributed by atoms with van der Waals surface area (Å²) in [6.45, 7) is 2.35. The van der Waals surface area contributed by atoms with Gasteiger partial charge in [-0.1, -0.05) is 43.3 Å². The molecule has 0 bridgehead atoms. The number of para-hydroxylation sites is 1. The Balaban J connectivity index is 1.36. The molecule has 4 aromatic rings. The number of amides is 2. The smallest absolute Gasteiger partial charge is 0.270 e. The molecule has 2 amide bonds. The zero-order valence-electron chi connectivity index (χ0n) is 22.6. The van der Waals surface area contributed by atoms with Crippen LogP contribution in [0.2, 0.25) is 0 Å². The lowest BCUT2D eigenvalue weighted by Crippen LogP contribution is -2.54. The Morgan fingerprint density at radius 2 is 1.54 bits per heavy atom. The van der Waals surface area contributed by atoms with E-state index in [9.17, 15) is 9.59 Å². The van der Waals surface area contributed by atoms with Gasteiger partial charge in [-0.2, -0.15) is 0 Å². The first-order valence-corrected chi connectivity index (χ1v) is 13.5. The quantitative estimate of drug-likeness (QED) is 0.143. The molecule has 0 aromatic heterocycles. The van der Waals surface area contributed by atoms with Crippen molar-refractivity contribution in [2.45, 2.75) is 20.0 Å². The van der Waals surface area contributed by atoms with Crippen molar-refractivity contribution in [1.29, 1.82) is 0 Å². The molecule has 0 spiro atoms. The number of aryl methyl sites for hydroxylation is 1. The molecule has 1 heterocycles. The monoisotopic (exact) mass is 564 g/mol. The average Bonchev–Trinajstić information content (AvgIpc) is 3.00.